The van der Waals surface area contributed by atoms with Crippen molar-refractivity contribution in [3.05, 3.63) is 23.8 Å². The molecule has 1 heterocycles. The molecule has 2 N–H and O–H groups in total. The van der Waals surface area contributed by atoms with Crippen LogP contribution in [0.2, 0.25) is 0 Å². The molecule has 1 aromatic carbocycles. The van der Waals surface area contributed by atoms with Crippen LogP contribution >= 0.6 is 0 Å². The molecule has 0 saturated carbocycles. The van der Waals surface area contributed by atoms with Gasteiger partial charge in [0.05, 0.1) is 26.4 Å². The standard InChI is InChI=1S/C21H33F2N3O4/c1-3-24-21(25-10-6-11-27-14-16-9-12-28-15-16)26-13-17-7-5-8-18(29-4-2)19(17)30-20(22)23/h5,7-8,16,20H,3-4,6,9-15H2,1-2H3,(H2,24,25,26). The molecule has 0 aliphatic carbocycles. The summed E-state index contributed by atoms with van der Waals surface area (Å²) in [5, 5.41) is 6.38. The van der Waals surface area contributed by atoms with Crippen LogP contribution in [0.5, 0.6) is 11.5 Å². The highest BCUT2D eigenvalue weighted by Crippen LogP contribution is 2.33. The summed E-state index contributed by atoms with van der Waals surface area (Å²) >= 11 is 0. The van der Waals surface area contributed by atoms with Crippen molar-refractivity contribution in [1.82, 2.24) is 10.6 Å². The highest BCUT2D eigenvalue weighted by molar-refractivity contribution is 5.79. The highest BCUT2D eigenvalue weighted by atomic mass is 19.3. The number of ether oxygens (including phenoxy) is 4. The minimum absolute atomic E-state index is 0.0261. The molecule has 1 aromatic rings. The van der Waals surface area contributed by atoms with E-state index >= 15 is 0 Å². The van der Waals surface area contributed by atoms with Crippen LogP contribution in [0.1, 0.15) is 32.3 Å². The van der Waals surface area contributed by atoms with Gasteiger partial charge in [0.25, 0.3) is 0 Å². The van der Waals surface area contributed by atoms with Gasteiger partial charge in [-0.3, -0.25) is 0 Å². The third-order valence-corrected chi connectivity index (χ3v) is 4.45. The van der Waals surface area contributed by atoms with E-state index in [-0.39, 0.29) is 18.0 Å². The second-order valence-electron chi connectivity index (χ2n) is 6.84. The SMILES string of the molecule is CCNC(=NCc1cccc(OCC)c1OC(F)F)NCCCOCC1CCOC1. The molecule has 1 fully saturated rings. The number of nitrogens with zero attached hydrogens (tertiary/aromatic N) is 1. The lowest BCUT2D eigenvalue weighted by Crippen LogP contribution is -2.38. The zero-order valence-corrected chi connectivity index (χ0v) is 17.8. The summed E-state index contributed by atoms with van der Waals surface area (Å²) in [7, 11) is 0. The number of benzene rings is 1. The zero-order valence-electron chi connectivity index (χ0n) is 17.8. The third-order valence-electron chi connectivity index (χ3n) is 4.45. The second kappa shape index (κ2) is 14.0. The van der Waals surface area contributed by atoms with Crippen LogP contribution in [0.25, 0.3) is 0 Å². The Morgan fingerprint density at radius 2 is 2.17 bits per heavy atom. The van der Waals surface area contributed by atoms with Crippen LogP contribution in [0, 0.1) is 5.92 Å². The lowest BCUT2D eigenvalue weighted by atomic mass is 10.1. The molecular weight excluding hydrogens is 396 g/mol. The molecule has 0 radical (unpaired) electrons. The molecule has 170 valence electrons. The van der Waals surface area contributed by atoms with Gasteiger partial charge < -0.3 is 29.6 Å². The van der Waals surface area contributed by atoms with Gasteiger partial charge in [-0.05, 0) is 32.8 Å². The fourth-order valence-corrected chi connectivity index (χ4v) is 3.03. The summed E-state index contributed by atoms with van der Waals surface area (Å²) in [5.74, 6) is 1.42. The van der Waals surface area contributed by atoms with Crippen LogP contribution in [0.15, 0.2) is 23.2 Å². The Morgan fingerprint density at radius 1 is 1.30 bits per heavy atom. The van der Waals surface area contributed by atoms with Crippen molar-refractivity contribution in [3.8, 4) is 11.5 Å². The molecule has 0 spiro atoms. The summed E-state index contributed by atoms with van der Waals surface area (Å²) in [6.45, 7) is 5.73. The zero-order chi connectivity index (χ0) is 21.6. The number of aliphatic imine (C=N–C) groups is 1. The molecule has 1 saturated heterocycles. The molecule has 1 unspecified atom stereocenters. The van der Waals surface area contributed by atoms with Crippen molar-refractivity contribution in [2.45, 2.75) is 39.8 Å². The van der Waals surface area contributed by atoms with Gasteiger partial charge in [0.15, 0.2) is 17.5 Å². The monoisotopic (exact) mass is 429 g/mol. The summed E-state index contributed by atoms with van der Waals surface area (Å²) in [4.78, 5) is 4.49. The predicted octanol–water partition coefficient (Wildman–Crippen LogP) is 3.19. The number of para-hydroxylation sites is 1. The number of halogens is 2. The topological polar surface area (TPSA) is 73.3 Å². The van der Waals surface area contributed by atoms with Crippen molar-refractivity contribution in [2.24, 2.45) is 10.9 Å². The number of hydrogen-bond donors (Lipinski definition) is 2. The van der Waals surface area contributed by atoms with E-state index in [9.17, 15) is 8.78 Å². The van der Waals surface area contributed by atoms with E-state index in [4.69, 9.17) is 18.9 Å². The quantitative estimate of drug-likeness (QED) is 0.285. The van der Waals surface area contributed by atoms with Gasteiger partial charge in [0, 0.05) is 37.8 Å². The maximum absolute atomic E-state index is 12.9. The van der Waals surface area contributed by atoms with Crippen LogP contribution in [0.3, 0.4) is 0 Å². The van der Waals surface area contributed by atoms with Gasteiger partial charge in [-0.2, -0.15) is 8.78 Å². The molecule has 2 rings (SSSR count). The molecule has 1 aliphatic rings. The van der Waals surface area contributed by atoms with Gasteiger partial charge in [0.1, 0.15) is 0 Å². The normalized spacial score (nSPS) is 16.7. The predicted molar refractivity (Wildman–Crippen MR) is 111 cm³/mol. The Hall–Kier alpha value is -2.13. The summed E-state index contributed by atoms with van der Waals surface area (Å²) < 4.78 is 46.8. The van der Waals surface area contributed by atoms with E-state index < -0.39 is 6.61 Å². The fourth-order valence-electron chi connectivity index (χ4n) is 3.03. The molecule has 0 amide bonds. The van der Waals surface area contributed by atoms with E-state index in [2.05, 4.69) is 15.6 Å². The van der Waals surface area contributed by atoms with Gasteiger partial charge in [-0.15, -0.1) is 0 Å². The van der Waals surface area contributed by atoms with Crippen molar-refractivity contribution >= 4 is 5.96 Å². The highest BCUT2D eigenvalue weighted by Gasteiger charge is 2.16. The number of rotatable bonds is 13. The van der Waals surface area contributed by atoms with Gasteiger partial charge >= 0.3 is 6.61 Å². The van der Waals surface area contributed by atoms with E-state index in [1.165, 1.54) is 0 Å². The lowest BCUT2D eigenvalue weighted by molar-refractivity contribution is -0.0520. The van der Waals surface area contributed by atoms with Crippen LogP contribution in [-0.2, 0) is 16.0 Å². The fraction of sp³-hybridized carbons (Fsp3) is 0.667. The van der Waals surface area contributed by atoms with E-state index in [0.717, 1.165) is 32.7 Å². The first-order valence-corrected chi connectivity index (χ1v) is 10.5. The number of guanidine groups is 1. The van der Waals surface area contributed by atoms with E-state index in [0.29, 0.717) is 43.7 Å². The first kappa shape index (κ1) is 24.1. The molecule has 0 bridgehead atoms. The first-order valence-electron chi connectivity index (χ1n) is 10.5. The average Bonchev–Trinajstić information content (AvgIpc) is 3.24. The average molecular weight is 430 g/mol. The van der Waals surface area contributed by atoms with Crippen LogP contribution in [-0.4, -0.2) is 58.7 Å². The largest absolute Gasteiger partial charge is 0.490 e. The van der Waals surface area contributed by atoms with Crippen molar-refractivity contribution in [3.63, 3.8) is 0 Å². The molecule has 1 atom stereocenters. The molecule has 0 aromatic heterocycles. The van der Waals surface area contributed by atoms with Gasteiger partial charge in [0.2, 0.25) is 0 Å². The van der Waals surface area contributed by atoms with Crippen molar-refractivity contribution in [1.29, 1.82) is 0 Å². The van der Waals surface area contributed by atoms with Crippen molar-refractivity contribution in [2.75, 3.05) is 46.1 Å². The van der Waals surface area contributed by atoms with Crippen LogP contribution < -0.4 is 20.1 Å². The molecule has 7 nitrogen and oxygen atoms in total. The number of hydrogen-bond acceptors (Lipinski definition) is 5. The smallest absolute Gasteiger partial charge is 0.387 e. The van der Waals surface area contributed by atoms with E-state index in [1.54, 1.807) is 25.1 Å². The Bertz CT molecular complexity index is 641. The lowest BCUT2D eigenvalue weighted by Gasteiger charge is -2.15. The Morgan fingerprint density at radius 3 is 2.87 bits per heavy atom. The Kier molecular flexibility index (Phi) is 11.2. The number of nitrogens with one attached hydrogen (secondary N) is 2. The molecule has 1 aliphatic heterocycles. The van der Waals surface area contributed by atoms with Gasteiger partial charge in [-0.1, -0.05) is 12.1 Å². The van der Waals surface area contributed by atoms with Crippen LogP contribution in [0.4, 0.5) is 8.78 Å². The summed E-state index contributed by atoms with van der Waals surface area (Å²) in [5.41, 5.74) is 0.528. The molecule has 30 heavy (non-hydrogen) atoms. The van der Waals surface area contributed by atoms with Crippen molar-refractivity contribution < 1.29 is 27.7 Å². The second-order valence-corrected chi connectivity index (χ2v) is 6.84. The minimum atomic E-state index is -2.93. The Labute approximate surface area is 177 Å². The summed E-state index contributed by atoms with van der Waals surface area (Å²) in [6.07, 6.45) is 1.90. The maximum atomic E-state index is 12.9. The Balaban J connectivity index is 1.86. The summed E-state index contributed by atoms with van der Waals surface area (Å²) in [6, 6.07) is 5.05. The number of alkyl halides is 2. The first-order chi connectivity index (χ1) is 14.6. The molecular formula is C21H33F2N3O4. The minimum Gasteiger partial charge on any atom is -0.490 e. The molecule has 9 heteroatoms. The third kappa shape index (κ3) is 8.71. The van der Waals surface area contributed by atoms with Gasteiger partial charge in [-0.25, -0.2) is 4.99 Å². The van der Waals surface area contributed by atoms with E-state index in [1.807, 2.05) is 6.92 Å². The maximum Gasteiger partial charge on any atom is 0.387 e.